The zero-order valence-electron chi connectivity index (χ0n) is 13.7. The van der Waals surface area contributed by atoms with Crippen molar-refractivity contribution in [3.8, 4) is 5.88 Å². The van der Waals surface area contributed by atoms with Gasteiger partial charge in [-0.25, -0.2) is 9.97 Å². The summed E-state index contributed by atoms with van der Waals surface area (Å²) >= 11 is 0. The second kappa shape index (κ2) is 5.97. The van der Waals surface area contributed by atoms with Gasteiger partial charge in [-0.2, -0.15) is 0 Å². The maximum Gasteiger partial charge on any atom is 0.223 e. The number of nitrogens with one attached hydrogen (secondary N) is 1. The van der Waals surface area contributed by atoms with E-state index in [-0.39, 0.29) is 6.10 Å². The second-order valence-electron chi connectivity index (χ2n) is 6.38. The SMILES string of the molecule is c1cc2c(c(OC3CCOCC3)n1)C(c1ccc3nc[nH]c3c1)=NC2. The van der Waals surface area contributed by atoms with Gasteiger partial charge >= 0.3 is 0 Å². The Balaban J connectivity index is 1.53. The van der Waals surface area contributed by atoms with E-state index in [9.17, 15) is 0 Å². The van der Waals surface area contributed by atoms with Crippen LogP contribution in [0.2, 0.25) is 0 Å². The maximum atomic E-state index is 6.23. The van der Waals surface area contributed by atoms with Crippen molar-refractivity contribution in [1.29, 1.82) is 0 Å². The van der Waals surface area contributed by atoms with Crippen molar-refractivity contribution in [1.82, 2.24) is 15.0 Å². The number of aliphatic imine (C=N–C) groups is 1. The van der Waals surface area contributed by atoms with E-state index >= 15 is 0 Å². The molecule has 0 amide bonds. The first-order valence-electron chi connectivity index (χ1n) is 8.59. The molecule has 2 aliphatic rings. The van der Waals surface area contributed by atoms with E-state index in [4.69, 9.17) is 14.5 Å². The summed E-state index contributed by atoms with van der Waals surface area (Å²) in [7, 11) is 0. The fourth-order valence-corrected chi connectivity index (χ4v) is 3.47. The fourth-order valence-electron chi connectivity index (χ4n) is 3.47. The number of imidazole rings is 1. The molecule has 6 nitrogen and oxygen atoms in total. The predicted octanol–water partition coefficient (Wildman–Crippen LogP) is 2.87. The van der Waals surface area contributed by atoms with Crippen LogP contribution in [0.1, 0.15) is 29.5 Å². The summed E-state index contributed by atoms with van der Waals surface area (Å²) < 4.78 is 11.7. The molecule has 0 radical (unpaired) electrons. The number of aromatic nitrogens is 3. The van der Waals surface area contributed by atoms with Gasteiger partial charge in [-0.1, -0.05) is 6.07 Å². The Hall–Kier alpha value is -2.73. The average Bonchev–Trinajstić information content (AvgIpc) is 3.29. The first-order chi connectivity index (χ1) is 12.4. The lowest BCUT2D eigenvalue weighted by Crippen LogP contribution is -2.27. The Morgan fingerprint density at radius 3 is 2.96 bits per heavy atom. The predicted molar refractivity (Wildman–Crippen MR) is 94.1 cm³/mol. The molecule has 1 N–H and O–H groups in total. The molecule has 0 saturated carbocycles. The van der Waals surface area contributed by atoms with Gasteiger partial charge in [0.15, 0.2) is 0 Å². The van der Waals surface area contributed by atoms with E-state index in [1.165, 1.54) is 0 Å². The summed E-state index contributed by atoms with van der Waals surface area (Å²) in [5, 5.41) is 0. The van der Waals surface area contributed by atoms with E-state index in [0.29, 0.717) is 12.4 Å². The van der Waals surface area contributed by atoms with Crippen LogP contribution in [-0.2, 0) is 11.3 Å². The van der Waals surface area contributed by atoms with Crippen molar-refractivity contribution in [2.45, 2.75) is 25.5 Å². The van der Waals surface area contributed by atoms with Crippen LogP contribution < -0.4 is 4.74 Å². The second-order valence-corrected chi connectivity index (χ2v) is 6.38. The van der Waals surface area contributed by atoms with Crippen molar-refractivity contribution in [3.63, 3.8) is 0 Å². The number of hydrogen-bond acceptors (Lipinski definition) is 5. The van der Waals surface area contributed by atoms with Gasteiger partial charge in [-0.15, -0.1) is 0 Å². The van der Waals surface area contributed by atoms with Gasteiger partial charge in [0.05, 0.1) is 48.4 Å². The van der Waals surface area contributed by atoms with E-state index in [1.807, 2.05) is 18.3 Å². The van der Waals surface area contributed by atoms with Gasteiger partial charge in [0.2, 0.25) is 5.88 Å². The number of nitrogens with zero attached hydrogens (tertiary/aromatic N) is 3. The third-order valence-electron chi connectivity index (χ3n) is 4.79. The van der Waals surface area contributed by atoms with Gasteiger partial charge in [0.25, 0.3) is 0 Å². The lowest BCUT2D eigenvalue weighted by Gasteiger charge is -2.24. The van der Waals surface area contributed by atoms with Crippen molar-refractivity contribution >= 4 is 16.7 Å². The lowest BCUT2D eigenvalue weighted by molar-refractivity contribution is 0.0236. The minimum absolute atomic E-state index is 0.157. The molecule has 126 valence electrons. The molecule has 4 heterocycles. The average molecular weight is 334 g/mol. The monoisotopic (exact) mass is 334 g/mol. The minimum Gasteiger partial charge on any atom is -0.474 e. The summed E-state index contributed by atoms with van der Waals surface area (Å²) in [6.07, 6.45) is 5.48. The Morgan fingerprint density at radius 2 is 2.04 bits per heavy atom. The topological polar surface area (TPSA) is 72.4 Å². The maximum absolute atomic E-state index is 6.23. The van der Waals surface area contributed by atoms with Gasteiger partial charge in [-0.3, -0.25) is 4.99 Å². The number of hydrogen-bond donors (Lipinski definition) is 1. The summed E-state index contributed by atoms with van der Waals surface area (Å²) in [5.41, 5.74) is 6.14. The van der Waals surface area contributed by atoms with Crippen molar-refractivity contribution in [2.75, 3.05) is 13.2 Å². The van der Waals surface area contributed by atoms with Crippen LogP contribution in [0.4, 0.5) is 0 Å². The molecule has 2 aromatic heterocycles. The summed E-state index contributed by atoms with van der Waals surface area (Å²) in [4.78, 5) is 16.7. The van der Waals surface area contributed by atoms with Crippen LogP contribution in [0.3, 0.4) is 0 Å². The molecule has 0 bridgehead atoms. The summed E-state index contributed by atoms with van der Waals surface area (Å²) in [6, 6.07) is 8.18. The molecule has 3 aromatic rings. The number of ether oxygens (including phenoxy) is 2. The number of benzene rings is 1. The van der Waals surface area contributed by atoms with Crippen LogP contribution in [0, 0.1) is 0 Å². The van der Waals surface area contributed by atoms with Crippen LogP contribution in [-0.4, -0.2) is 40.0 Å². The third-order valence-corrected chi connectivity index (χ3v) is 4.79. The first-order valence-corrected chi connectivity index (χ1v) is 8.59. The number of H-pyrrole nitrogens is 1. The Morgan fingerprint density at radius 1 is 1.12 bits per heavy atom. The highest BCUT2D eigenvalue weighted by molar-refractivity contribution is 6.17. The van der Waals surface area contributed by atoms with Crippen LogP contribution in [0.25, 0.3) is 11.0 Å². The standard InChI is InChI=1S/C19H18N4O2/c1-2-15-16(23-11-22-15)9-12(1)18-17-13(10-21-18)3-6-20-19(17)25-14-4-7-24-8-5-14/h1-3,6,9,11,14H,4-5,7-8,10H2,(H,22,23). The number of fused-ring (bicyclic) bond motifs is 2. The molecular formula is C19H18N4O2. The molecule has 0 aliphatic carbocycles. The minimum atomic E-state index is 0.157. The largest absolute Gasteiger partial charge is 0.474 e. The van der Waals surface area contributed by atoms with Crippen molar-refractivity contribution < 1.29 is 9.47 Å². The number of rotatable bonds is 3. The lowest BCUT2D eigenvalue weighted by atomic mass is 10.0. The smallest absolute Gasteiger partial charge is 0.223 e. The van der Waals surface area contributed by atoms with Crippen LogP contribution in [0.15, 0.2) is 41.8 Å². The molecule has 6 heteroatoms. The highest BCUT2D eigenvalue weighted by Crippen LogP contribution is 2.31. The van der Waals surface area contributed by atoms with E-state index < -0.39 is 0 Å². The van der Waals surface area contributed by atoms with Gasteiger partial charge < -0.3 is 14.5 Å². The number of pyridine rings is 1. The molecule has 1 saturated heterocycles. The first kappa shape index (κ1) is 14.6. The molecule has 0 spiro atoms. The Labute approximate surface area is 144 Å². The third kappa shape index (κ3) is 2.59. The fraction of sp³-hybridized carbons (Fsp3) is 0.316. The van der Waals surface area contributed by atoms with Crippen molar-refractivity contribution in [2.24, 2.45) is 4.99 Å². The van der Waals surface area contributed by atoms with E-state index in [2.05, 4.69) is 27.1 Å². The van der Waals surface area contributed by atoms with Crippen LogP contribution >= 0.6 is 0 Å². The van der Waals surface area contributed by atoms with E-state index in [1.54, 1.807) is 6.33 Å². The zero-order chi connectivity index (χ0) is 16.6. The van der Waals surface area contributed by atoms with Gasteiger partial charge in [0, 0.05) is 24.6 Å². The zero-order valence-corrected chi connectivity index (χ0v) is 13.7. The molecular weight excluding hydrogens is 316 g/mol. The molecule has 25 heavy (non-hydrogen) atoms. The highest BCUT2D eigenvalue weighted by atomic mass is 16.5. The molecule has 2 aliphatic heterocycles. The van der Waals surface area contributed by atoms with Crippen molar-refractivity contribution in [3.05, 3.63) is 53.5 Å². The summed E-state index contributed by atoms with van der Waals surface area (Å²) in [5.74, 6) is 0.686. The number of aromatic amines is 1. The van der Waals surface area contributed by atoms with Gasteiger partial charge in [-0.05, 0) is 23.8 Å². The molecule has 1 fully saturated rings. The highest BCUT2D eigenvalue weighted by Gasteiger charge is 2.26. The van der Waals surface area contributed by atoms with Crippen LogP contribution in [0.5, 0.6) is 5.88 Å². The molecule has 5 rings (SSSR count). The summed E-state index contributed by atoms with van der Waals surface area (Å²) in [6.45, 7) is 2.16. The Kier molecular flexibility index (Phi) is 3.48. The molecule has 1 aromatic carbocycles. The van der Waals surface area contributed by atoms with Gasteiger partial charge in [0.1, 0.15) is 6.10 Å². The normalized spacial score (nSPS) is 17.5. The molecule has 0 unspecified atom stereocenters. The Bertz CT molecular complexity index is 957. The quantitative estimate of drug-likeness (QED) is 0.799. The van der Waals surface area contributed by atoms with E-state index in [0.717, 1.165) is 59.5 Å². The molecule has 0 atom stereocenters.